The van der Waals surface area contributed by atoms with Crippen molar-refractivity contribution in [2.75, 3.05) is 13.1 Å². The van der Waals surface area contributed by atoms with Crippen molar-refractivity contribution in [2.45, 2.75) is 30.7 Å². The molecule has 7 nitrogen and oxygen atoms in total. The number of aromatic nitrogens is 2. The standard InChI is InChI=1S/C22H24N4O3S/c27-22(23-15-18-16-24-26(17-18)20-9-3-1-4-10-20)19-8-7-11-21(14-19)30(28,29)25-12-5-2-6-13-25/h1,3-4,7-11,14,16-17H,2,5-6,12-13,15H2,(H,23,27). The van der Waals surface area contributed by atoms with Gasteiger partial charge >= 0.3 is 0 Å². The lowest BCUT2D eigenvalue weighted by Crippen LogP contribution is -2.35. The van der Waals surface area contributed by atoms with E-state index in [1.54, 1.807) is 29.1 Å². The second-order valence-electron chi connectivity index (χ2n) is 7.30. The van der Waals surface area contributed by atoms with E-state index in [1.807, 2.05) is 36.5 Å². The topological polar surface area (TPSA) is 84.3 Å². The normalized spacial score (nSPS) is 15.1. The van der Waals surface area contributed by atoms with Crippen LogP contribution in [0.5, 0.6) is 0 Å². The van der Waals surface area contributed by atoms with Crippen molar-refractivity contribution in [1.82, 2.24) is 19.4 Å². The number of carbonyl (C=O) groups excluding carboxylic acids is 1. The molecule has 3 aromatic rings. The van der Waals surface area contributed by atoms with E-state index in [0.717, 1.165) is 30.5 Å². The fourth-order valence-electron chi connectivity index (χ4n) is 3.51. The summed E-state index contributed by atoms with van der Waals surface area (Å²) in [5, 5.41) is 7.15. The average molecular weight is 425 g/mol. The first-order valence-electron chi connectivity index (χ1n) is 10.0. The highest BCUT2D eigenvalue weighted by Crippen LogP contribution is 2.21. The summed E-state index contributed by atoms with van der Waals surface area (Å²) in [4.78, 5) is 12.8. The zero-order valence-corrected chi connectivity index (χ0v) is 17.4. The van der Waals surface area contributed by atoms with Gasteiger partial charge in [-0.3, -0.25) is 4.79 Å². The van der Waals surface area contributed by atoms with E-state index in [4.69, 9.17) is 0 Å². The summed E-state index contributed by atoms with van der Waals surface area (Å²) in [6, 6.07) is 15.9. The van der Waals surface area contributed by atoms with Gasteiger partial charge in [-0.2, -0.15) is 9.40 Å². The molecule has 0 unspecified atom stereocenters. The zero-order chi connectivity index (χ0) is 21.0. The number of hydrogen-bond donors (Lipinski definition) is 1. The van der Waals surface area contributed by atoms with E-state index < -0.39 is 10.0 Å². The summed E-state index contributed by atoms with van der Waals surface area (Å²) in [6.07, 6.45) is 6.35. The molecule has 1 aromatic heterocycles. The quantitative estimate of drug-likeness (QED) is 0.659. The van der Waals surface area contributed by atoms with Crippen molar-refractivity contribution in [3.63, 3.8) is 0 Å². The van der Waals surface area contributed by atoms with Crippen molar-refractivity contribution >= 4 is 15.9 Å². The molecular formula is C22H24N4O3S. The van der Waals surface area contributed by atoms with Gasteiger partial charge in [-0.05, 0) is 43.2 Å². The number of rotatable bonds is 6. The zero-order valence-electron chi connectivity index (χ0n) is 16.6. The van der Waals surface area contributed by atoms with E-state index in [1.165, 1.54) is 10.4 Å². The number of benzene rings is 2. The highest BCUT2D eigenvalue weighted by Gasteiger charge is 2.26. The highest BCUT2D eigenvalue weighted by molar-refractivity contribution is 7.89. The summed E-state index contributed by atoms with van der Waals surface area (Å²) in [5.41, 5.74) is 2.11. The summed E-state index contributed by atoms with van der Waals surface area (Å²) >= 11 is 0. The highest BCUT2D eigenvalue weighted by atomic mass is 32.2. The van der Waals surface area contributed by atoms with Gasteiger partial charge in [-0.1, -0.05) is 30.7 Å². The molecule has 30 heavy (non-hydrogen) atoms. The van der Waals surface area contributed by atoms with Crippen LogP contribution in [0.4, 0.5) is 0 Å². The Morgan fingerprint density at radius 3 is 2.53 bits per heavy atom. The number of carbonyl (C=O) groups is 1. The summed E-state index contributed by atoms with van der Waals surface area (Å²) in [7, 11) is -3.57. The molecule has 1 fully saturated rings. The van der Waals surface area contributed by atoms with E-state index in [2.05, 4.69) is 10.4 Å². The molecule has 4 rings (SSSR count). The monoisotopic (exact) mass is 424 g/mol. The van der Waals surface area contributed by atoms with Gasteiger partial charge in [0.25, 0.3) is 5.91 Å². The number of nitrogens with zero attached hydrogens (tertiary/aromatic N) is 3. The lowest BCUT2D eigenvalue weighted by Gasteiger charge is -2.26. The number of hydrogen-bond acceptors (Lipinski definition) is 4. The van der Waals surface area contributed by atoms with Crippen LogP contribution in [0.15, 0.2) is 71.9 Å². The molecular weight excluding hydrogens is 400 g/mol. The minimum Gasteiger partial charge on any atom is -0.348 e. The molecule has 8 heteroatoms. The third kappa shape index (κ3) is 4.44. The Bertz CT molecular complexity index is 1120. The molecule has 1 N–H and O–H groups in total. The molecule has 0 bridgehead atoms. The van der Waals surface area contributed by atoms with Gasteiger partial charge < -0.3 is 5.32 Å². The molecule has 0 spiro atoms. The van der Waals surface area contributed by atoms with Crippen LogP contribution in [0.1, 0.15) is 35.2 Å². The number of nitrogens with one attached hydrogen (secondary N) is 1. The van der Waals surface area contributed by atoms with Crippen LogP contribution < -0.4 is 5.32 Å². The van der Waals surface area contributed by atoms with Crippen LogP contribution in [0, 0.1) is 0 Å². The van der Waals surface area contributed by atoms with Crippen molar-refractivity contribution in [2.24, 2.45) is 0 Å². The Morgan fingerprint density at radius 2 is 1.77 bits per heavy atom. The molecule has 0 saturated carbocycles. The van der Waals surface area contributed by atoms with Crippen LogP contribution in [0.2, 0.25) is 0 Å². The Labute approximate surface area is 176 Å². The number of para-hydroxylation sites is 1. The molecule has 0 radical (unpaired) electrons. The molecule has 1 saturated heterocycles. The van der Waals surface area contributed by atoms with Crippen molar-refractivity contribution < 1.29 is 13.2 Å². The largest absolute Gasteiger partial charge is 0.348 e. The number of amides is 1. The molecule has 1 amide bonds. The van der Waals surface area contributed by atoms with E-state index >= 15 is 0 Å². The molecule has 0 aliphatic carbocycles. The average Bonchev–Trinajstić information content (AvgIpc) is 3.28. The van der Waals surface area contributed by atoms with Gasteiger partial charge in [-0.25, -0.2) is 13.1 Å². The third-order valence-electron chi connectivity index (χ3n) is 5.16. The van der Waals surface area contributed by atoms with Gasteiger partial charge in [0.05, 0.1) is 16.8 Å². The second kappa shape index (κ2) is 8.81. The lowest BCUT2D eigenvalue weighted by molar-refractivity contribution is 0.0950. The molecule has 2 aromatic carbocycles. The maximum atomic E-state index is 12.9. The number of sulfonamides is 1. The molecule has 156 valence electrons. The first kappa shape index (κ1) is 20.3. The molecule has 0 atom stereocenters. The second-order valence-corrected chi connectivity index (χ2v) is 9.24. The summed E-state index contributed by atoms with van der Waals surface area (Å²) < 4.78 is 29.0. The minimum atomic E-state index is -3.57. The van der Waals surface area contributed by atoms with Crippen LogP contribution in [-0.4, -0.2) is 41.5 Å². The third-order valence-corrected chi connectivity index (χ3v) is 7.05. The van der Waals surface area contributed by atoms with E-state index in [0.29, 0.717) is 25.2 Å². The Kier molecular flexibility index (Phi) is 5.96. The molecule has 1 aliphatic rings. The van der Waals surface area contributed by atoms with Gasteiger partial charge in [0.2, 0.25) is 10.0 Å². The van der Waals surface area contributed by atoms with Crippen LogP contribution in [0.25, 0.3) is 5.69 Å². The van der Waals surface area contributed by atoms with Gasteiger partial charge in [0, 0.05) is 37.0 Å². The minimum absolute atomic E-state index is 0.161. The van der Waals surface area contributed by atoms with Gasteiger partial charge in [0.15, 0.2) is 0 Å². The Morgan fingerprint density at radius 1 is 1.00 bits per heavy atom. The fourth-order valence-corrected chi connectivity index (χ4v) is 5.07. The van der Waals surface area contributed by atoms with E-state index in [9.17, 15) is 13.2 Å². The van der Waals surface area contributed by atoms with Crippen LogP contribution >= 0.6 is 0 Å². The molecule has 1 aliphatic heterocycles. The SMILES string of the molecule is O=C(NCc1cnn(-c2ccccc2)c1)c1cccc(S(=O)(=O)N2CCCCC2)c1. The Balaban J connectivity index is 1.43. The molecule has 2 heterocycles. The summed E-state index contributed by atoms with van der Waals surface area (Å²) in [5.74, 6) is -0.321. The van der Waals surface area contributed by atoms with Gasteiger partial charge in [-0.15, -0.1) is 0 Å². The van der Waals surface area contributed by atoms with Crippen molar-refractivity contribution in [1.29, 1.82) is 0 Å². The maximum Gasteiger partial charge on any atom is 0.251 e. The smallest absolute Gasteiger partial charge is 0.251 e. The van der Waals surface area contributed by atoms with Crippen molar-refractivity contribution in [3.05, 3.63) is 78.1 Å². The van der Waals surface area contributed by atoms with Gasteiger partial charge in [0.1, 0.15) is 0 Å². The first-order valence-corrected chi connectivity index (χ1v) is 11.5. The number of piperidine rings is 1. The lowest BCUT2D eigenvalue weighted by atomic mass is 10.2. The fraction of sp³-hybridized carbons (Fsp3) is 0.273. The summed E-state index contributed by atoms with van der Waals surface area (Å²) in [6.45, 7) is 1.36. The van der Waals surface area contributed by atoms with Crippen LogP contribution in [-0.2, 0) is 16.6 Å². The van der Waals surface area contributed by atoms with E-state index in [-0.39, 0.29) is 10.8 Å². The maximum absolute atomic E-state index is 12.9. The van der Waals surface area contributed by atoms with Crippen LogP contribution in [0.3, 0.4) is 0 Å². The first-order chi connectivity index (χ1) is 14.5. The predicted molar refractivity (Wildman–Crippen MR) is 114 cm³/mol. The predicted octanol–water partition coefficient (Wildman–Crippen LogP) is 2.98. The van der Waals surface area contributed by atoms with Crippen molar-refractivity contribution in [3.8, 4) is 5.69 Å². The Hall–Kier alpha value is -2.97.